The predicted octanol–water partition coefficient (Wildman–Crippen LogP) is 5.04. The molecule has 0 fully saturated rings. The first kappa shape index (κ1) is 25.5. The van der Waals surface area contributed by atoms with Crippen molar-refractivity contribution in [2.75, 3.05) is 7.11 Å². The molecule has 1 heterocycles. The summed E-state index contributed by atoms with van der Waals surface area (Å²) in [5.41, 5.74) is -0.324. The second-order valence-electron chi connectivity index (χ2n) is 7.21. The van der Waals surface area contributed by atoms with Crippen LogP contribution < -0.4 is 15.0 Å². The SMILES string of the molecule is COc1ccc(Cn2cnc(C(F)(F)I)c(CCc3cc(C#N)cc(OC(F)F)c3)c2=O)cc1. The Bertz CT molecular complexity index is 1250. The lowest BCUT2D eigenvalue weighted by Gasteiger charge is -2.16. The van der Waals surface area contributed by atoms with Gasteiger partial charge in [0, 0.05) is 28.2 Å². The van der Waals surface area contributed by atoms with Gasteiger partial charge < -0.3 is 9.47 Å². The maximum atomic E-state index is 14.2. The highest BCUT2D eigenvalue weighted by molar-refractivity contribution is 14.1. The Morgan fingerprint density at radius 3 is 2.41 bits per heavy atom. The third-order valence-corrected chi connectivity index (χ3v) is 5.41. The minimum atomic E-state index is -3.40. The molecule has 0 bridgehead atoms. The van der Waals surface area contributed by atoms with Gasteiger partial charge in [-0.05, 0) is 54.3 Å². The van der Waals surface area contributed by atoms with E-state index in [0.29, 0.717) is 11.3 Å². The Morgan fingerprint density at radius 1 is 1.12 bits per heavy atom. The standard InChI is InChI=1S/C23H18F4IN3O3/c1-33-17-5-2-14(3-6-17)12-31-13-30-20(23(26,27)28)19(21(31)32)7-4-15-8-16(11-29)10-18(9-15)34-22(24)25/h2-3,5-6,8-10,13,22H,4,7,12H2,1H3. The molecule has 11 heteroatoms. The highest BCUT2D eigenvalue weighted by Crippen LogP contribution is 2.35. The number of nitrogens with zero attached hydrogens (tertiary/aromatic N) is 3. The van der Waals surface area contributed by atoms with E-state index in [4.69, 9.17) is 10.00 Å². The number of aryl methyl sites for hydroxylation is 1. The zero-order chi connectivity index (χ0) is 24.9. The molecule has 0 atom stereocenters. The molecule has 0 aliphatic rings. The zero-order valence-electron chi connectivity index (χ0n) is 17.8. The van der Waals surface area contributed by atoms with Crippen LogP contribution in [0.5, 0.6) is 11.5 Å². The molecule has 0 unspecified atom stereocenters. The minimum absolute atomic E-state index is 0.0261. The minimum Gasteiger partial charge on any atom is -0.497 e. The van der Waals surface area contributed by atoms with Crippen molar-refractivity contribution >= 4 is 22.6 Å². The van der Waals surface area contributed by atoms with Gasteiger partial charge in [0.2, 0.25) is 0 Å². The number of rotatable bonds is 9. The van der Waals surface area contributed by atoms with Crippen molar-refractivity contribution in [1.82, 2.24) is 9.55 Å². The van der Waals surface area contributed by atoms with Crippen LogP contribution in [-0.4, -0.2) is 23.3 Å². The van der Waals surface area contributed by atoms with Gasteiger partial charge >= 0.3 is 10.5 Å². The van der Waals surface area contributed by atoms with Gasteiger partial charge in [0.1, 0.15) is 17.2 Å². The predicted molar refractivity (Wildman–Crippen MR) is 124 cm³/mol. The van der Waals surface area contributed by atoms with E-state index in [1.165, 1.54) is 23.8 Å². The van der Waals surface area contributed by atoms with Gasteiger partial charge in [-0.3, -0.25) is 9.36 Å². The van der Waals surface area contributed by atoms with Crippen LogP contribution in [0.2, 0.25) is 0 Å². The Kier molecular flexibility index (Phi) is 8.14. The average molecular weight is 587 g/mol. The third kappa shape index (κ3) is 6.47. The number of halogens is 5. The molecule has 0 radical (unpaired) electrons. The summed E-state index contributed by atoms with van der Waals surface area (Å²) in [4.78, 5) is 17.0. The highest BCUT2D eigenvalue weighted by Gasteiger charge is 2.33. The molecular formula is C23H18F4IN3O3. The van der Waals surface area contributed by atoms with Gasteiger partial charge in [-0.2, -0.15) is 22.8 Å². The number of aromatic nitrogens is 2. The van der Waals surface area contributed by atoms with E-state index in [9.17, 15) is 22.4 Å². The highest BCUT2D eigenvalue weighted by atomic mass is 127. The van der Waals surface area contributed by atoms with Crippen LogP contribution in [0.3, 0.4) is 0 Å². The van der Waals surface area contributed by atoms with Gasteiger partial charge in [0.15, 0.2) is 0 Å². The van der Waals surface area contributed by atoms with Crippen molar-refractivity contribution < 1.29 is 27.0 Å². The fourth-order valence-electron chi connectivity index (χ4n) is 3.35. The molecule has 178 valence electrons. The monoisotopic (exact) mass is 587 g/mol. The van der Waals surface area contributed by atoms with Gasteiger partial charge in [-0.1, -0.05) is 12.1 Å². The second-order valence-corrected chi connectivity index (χ2v) is 8.56. The summed E-state index contributed by atoms with van der Waals surface area (Å²) in [6.45, 7) is -2.98. The summed E-state index contributed by atoms with van der Waals surface area (Å²) in [7, 11) is 1.52. The molecular weight excluding hydrogens is 569 g/mol. The van der Waals surface area contributed by atoms with Crippen LogP contribution in [-0.2, 0) is 23.3 Å². The maximum Gasteiger partial charge on any atom is 0.387 e. The first-order valence-electron chi connectivity index (χ1n) is 9.88. The van der Waals surface area contributed by atoms with Crippen molar-refractivity contribution in [3.05, 3.63) is 87.1 Å². The first-order chi connectivity index (χ1) is 16.1. The fraction of sp³-hybridized carbons (Fsp3) is 0.261. The Hall–Kier alpha value is -3.14. The number of alkyl halides is 5. The molecule has 0 aliphatic carbocycles. The molecule has 0 saturated heterocycles. The van der Waals surface area contributed by atoms with Crippen LogP contribution in [0.25, 0.3) is 0 Å². The normalized spacial score (nSPS) is 11.4. The topological polar surface area (TPSA) is 77.1 Å². The van der Waals surface area contributed by atoms with Crippen molar-refractivity contribution in [3.63, 3.8) is 0 Å². The molecule has 3 rings (SSSR count). The van der Waals surface area contributed by atoms with Gasteiger partial charge in [0.25, 0.3) is 5.56 Å². The average Bonchev–Trinajstić information content (AvgIpc) is 2.78. The third-order valence-electron chi connectivity index (χ3n) is 4.90. The Morgan fingerprint density at radius 2 is 1.82 bits per heavy atom. The van der Waals surface area contributed by atoms with E-state index in [1.54, 1.807) is 24.3 Å². The van der Waals surface area contributed by atoms with E-state index in [1.807, 2.05) is 6.07 Å². The summed E-state index contributed by atoms with van der Waals surface area (Å²) in [5.74, 6) is 0.399. The molecule has 1 aromatic heterocycles. The molecule has 0 aliphatic heterocycles. The van der Waals surface area contributed by atoms with Gasteiger partial charge in [-0.15, -0.1) is 0 Å². The number of nitriles is 1. The van der Waals surface area contributed by atoms with Crippen molar-refractivity contribution in [1.29, 1.82) is 5.26 Å². The molecule has 2 aromatic carbocycles. The lowest BCUT2D eigenvalue weighted by molar-refractivity contribution is -0.0498. The molecule has 0 amide bonds. The summed E-state index contributed by atoms with van der Waals surface area (Å²) in [6.07, 6.45) is 0.952. The van der Waals surface area contributed by atoms with E-state index in [2.05, 4.69) is 9.72 Å². The van der Waals surface area contributed by atoms with E-state index >= 15 is 0 Å². The van der Waals surface area contributed by atoms with Gasteiger partial charge in [0.05, 0.1) is 31.6 Å². The Labute approximate surface area is 205 Å². The summed E-state index contributed by atoms with van der Waals surface area (Å²) < 4.78 is 60.9. The smallest absolute Gasteiger partial charge is 0.387 e. The van der Waals surface area contributed by atoms with Crippen molar-refractivity contribution in [3.8, 4) is 17.6 Å². The molecule has 0 saturated carbocycles. The molecule has 34 heavy (non-hydrogen) atoms. The lowest BCUT2D eigenvalue weighted by atomic mass is 10.0. The summed E-state index contributed by atoms with van der Waals surface area (Å²) >= 11 is 0.908. The summed E-state index contributed by atoms with van der Waals surface area (Å²) in [5, 5.41) is 9.15. The first-order valence-corrected chi connectivity index (χ1v) is 11.0. The quantitative estimate of drug-likeness (QED) is 0.199. The number of hydrogen-bond donors (Lipinski definition) is 0. The van der Waals surface area contributed by atoms with Crippen LogP contribution in [0.1, 0.15) is 27.9 Å². The molecule has 0 N–H and O–H groups in total. The second kappa shape index (κ2) is 10.9. The van der Waals surface area contributed by atoms with Crippen LogP contribution in [0.15, 0.2) is 53.6 Å². The van der Waals surface area contributed by atoms with Gasteiger partial charge in [-0.25, -0.2) is 4.98 Å². The molecule has 3 aromatic rings. The molecule has 0 spiro atoms. The summed E-state index contributed by atoms with van der Waals surface area (Å²) in [6, 6.07) is 12.6. The number of methoxy groups -OCH3 is 1. The molecule has 6 nitrogen and oxygen atoms in total. The van der Waals surface area contributed by atoms with E-state index < -0.39 is 21.8 Å². The van der Waals surface area contributed by atoms with Crippen LogP contribution in [0, 0.1) is 11.3 Å². The van der Waals surface area contributed by atoms with Crippen LogP contribution in [0.4, 0.5) is 17.6 Å². The lowest BCUT2D eigenvalue weighted by Crippen LogP contribution is -2.29. The Balaban J connectivity index is 1.93. The maximum absolute atomic E-state index is 14.2. The van der Waals surface area contributed by atoms with Crippen molar-refractivity contribution in [2.24, 2.45) is 0 Å². The number of hydrogen-bond acceptors (Lipinski definition) is 5. The van der Waals surface area contributed by atoms with E-state index in [0.717, 1.165) is 40.5 Å². The number of benzene rings is 2. The fourth-order valence-corrected chi connectivity index (χ4v) is 3.82. The largest absolute Gasteiger partial charge is 0.497 e. The van der Waals surface area contributed by atoms with Crippen LogP contribution >= 0.6 is 22.6 Å². The van der Waals surface area contributed by atoms with Crippen molar-refractivity contribution in [2.45, 2.75) is 29.9 Å². The van der Waals surface area contributed by atoms with E-state index in [-0.39, 0.29) is 36.3 Å². The zero-order valence-corrected chi connectivity index (χ0v) is 19.9. The number of ether oxygens (including phenoxy) is 2.